The Balaban J connectivity index is 0.00000261. The highest BCUT2D eigenvalue weighted by Gasteiger charge is 2.59. The van der Waals surface area contributed by atoms with E-state index in [4.69, 9.17) is 14.2 Å². The predicted octanol–water partition coefficient (Wildman–Crippen LogP) is 3.52. The first-order valence-electron chi connectivity index (χ1n) is 9.40. The summed E-state index contributed by atoms with van der Waals surface area (Å²) in [5.41, 5.74) is 1.07. The van der Waals surface area contributed by atoms with E-state index in [-0.39, 0.29) is 29.4 Å². The minimum absolute atomic E-state index is 0. The molecule has 3 atom stereocenters. The zero-order valence-electron chi connectivity index (χ0n) is 16.7. The monoisotopic (exact) mass is 489 g/mol. The van der Waals surface area contributed by atoms with Crippen LogP contribution in [0.1, 0.15) is 26.7 Å². The van der Waals surface area contributed by atoms with Crippen molar-refractivity contribution in [2.75, 3.05) is 39.3 Å². The van der Waals surface area contributed by atoms with Gasteiger partial charge in [-0.3, -0.25) is 4.99 Å². The van der Waals surface area contributed by atoms with Gasteiger partial charge >= 0.3 is 0 Å². The molecule has 0 amide bonds. The molecule has 1 aromatic rings. The zero-order valence-corrected chi connectivity index (χ0v) is 19.0. The number of ether oxygens (including phenoxy) is 3. The second-order valence-corrected chi connectivity index (χ2v) is 7.61. The number of hydrogen-bond donors (Lipinski definition) is 2. The molecule has 1 heterocycles. The number of methoxy groups -OCH3 is 1. The molecule has 152 valence electrons. The summed E-state index contributed by atoms with van der Waals surface area (Å²) in [6.07, 6.45) is 2.36. The lowest BCUT2D eigenvalue weighted by atomic mass is 9.57. The van der Waals surface area contributed by atoms with Gasteiger partial charge in [-0.25, -0.2) is 0 Å². The molecule has 3 rings (SSSR count). The van der Waals surface area contributed by atoms with Gasteiger partial charge in [-0.15, -0.1) is 24.0 Å². The van der Waals surface area contributed by atoms with Crippen molar-refractivity contribution in [3.8, 4) is 5.75 Å². The molecule has 1 aliphatic carbocycles. The highest BCUT2D eigenvalue weighted by molar-refractivity contribution is 14.0. The molecule has 0 spiro atoms. The van der Waals surface area contributed by atoms with Gasteiger partial charge < -0.3 is 24.8 Å². The van der Waals surface area contributed by atoms with E-state index in [2.05, 4.69) is 29.5 Å². The standard InChI is InChI=1S/C20H31N3O3.HI/c1-20(2)17(16-9-12-26-18(16)20)23-19(21-3)22-14-7-5-8-15(13-14)25-11-6-10-24-4;/h5,7-8,13,16-18H,6,9-12H2,1-4H3,(H2,21,22,23);1H. The topological polar surface area (TPSA) is 64.1 Å². The Labute approximate surface area is 179 Å². The Morgan fingerprint density at radius 3 is 2.89 bits per heavy atom. The lowest BCUT2D eigenvalue weighted by Crippen LogP contribution is -2.67. The molecule has 2 fully saturated rings. The maximum Gasteiger partial charge on any atom is 0.195 e. The molecule has 0 aromatic heterocycles. The minimum Gasteiger partial charge on any atom is -0.493 e. The summed E-state index contributed by atoms with van der Waals surface area (Å²) in [6, 6.07) is 8.32. The Morgan fingerprint density at radius 2 is 2.15 bits per heavy atom. The summed E-state index contributed by atoms with van der Waals surface area (Å²) < 4.78 is 16.7. The van der Waals surface area contributed by atoms with Crippen LogP contribution < -0.4 is 15.4 Å². The smallest absolute Gasteiger partial charge is 0.195 e. The summed E-state index contributed by atoms with van der Waals surface area (Å²) in [7, 11) is 3.50. The van der Waals surface area contributed by atoms with Gasteiger partial charge in [-0.05, 0) is 18.6 Å². The van der Waals surface area contributed by atoms with Crippen molar-refractivity contribution in [3.63, 3.8) is 0 Å². The van der Waals surface area contributed by atoms with Crippen molar-refractivity contribution in [3.05, 3.63) is 24.3 Å². The molecular formula is C20H32IN3O3. The quantitative estimate of drug-likeness (QED) is 0.266. The number of nitrogens with zero attached hydrogens (tertiary/aromatic N) is 1. The Kier molecular flexibility index (Phi) is 8.18. The average Bonchev–Trinajstić information content (AvgIpc) is 3.09. The normalized spacial score (nSPS) is 25.8. The van der Waals surface area contributed by atoms with Crippen molar-refractivity contribution < 1.29 is 14.2 Å². The van der Waals surface area contributed by atoms with Crippen molar-refractivity contribution in [1.29, 1.82) is 0 Å². The fraction of sp³-hybridized carbons (Fsp3) is 0.650. The number of rotatable bonds is 7. The van der Waals surface area contributed by atoms with Crippen LogP contribution in [0.2, 0.25) is 0 Å². The van der Waals surface area contributed by atoms with Crippen LogP contribution in [0.5, 0.6) is 5.75 Å². The van der Waals surface area contributed by atoms with Crippen LogP contribution in [-0.2, 0) is 9.47 Å². The molecule has 6 nitrogen and oxygen atoms in total. The van der Waals surface area contributed by atoms with Gasteiger partial charge in [0.1, 0.15) is 5.75 Å². The van der Waals surface area contributed by atoms with Crippen molar-refractivity contribution in [2.24, 2.45) is 16.3 Å². The first kappa shape index (κ1) is 22.2. The Morgan fingerprint density at radius 1 is 1.33 bits per heavy atom. The maximum atomic E-state index is 5.88. The van der Waals surface area contributed by atoms with Crippen LogP contribution in [0.4, 0.5) is 5.69 Å². The summed E-state index contributed by atoms with van der Waals surface area (Å²) in [5.74, 6) is 2.19. The van der Waals surface area contributed by atoms with Crippen LogP contribution in [0.15, 0.2) is 29.3 Å². The third-order valence-corrected chi connectivity index (χ3v) is 5.47. The molecule has 1 saturated heterocycles. The Bertz CT molecular complexity index is 639. The predicted molar refractivity (Wildman–Crippen MR) is 119 cm³/mol. The summed E-state index contributed by atoms with van der Waals surface area (Å²) in [4.78, 5) is 4.40. The number of anilines is 1. The first-order chi connectivity index (χ1) is 12.6. The highest BCUT2D eigenvalue weighted by Crippen LogP contribution is 2.52. The van der Waals surface area contributed by atoms with Crippen LogP contribution in [0.3, 0.4) is 0 Å². The molecule has 0 radical (unpaired) electrons. The van der Waals surface area contributed by atoms with Gasteiger partial charge in [0.05, 0.1) is 12.7 Å². The van der Waals surface area contributed by atoms with Crippen LogP contribution in [0, 0.1) is 11.3 Å². The van der Waals surface area contributed by atoms with Gasteiger partial charge in [-0.2, -0.15) is 0 Å². The molecule has 7 heteroatoms. The van der Waals surface area contributed by atoms with Gasteiger partial charge in [0, 0.05) is 62.9 Å². The number of halogens is 1. The summed E-state index contributed by atoms with van der Waals surface area (Å²) in [6.45, 7) is 6.74. The molecule has 1 aliphatic heterocycles. The van der Waals surface area contributed by atoms with Crippen molar-refractivity contribution in [1.82, 2.24) is 5.32 Å². The molecule has 3 unspecified atom stereocenters. The zero-order chi connectivity index (χ0) is 18.6. The fourth-order valence-electron chi connectivity index (χ4n) is 4.11. The van der Waals surface area contributed by atoms with E-state index in [1.165, 1.54) is 0 Å². The van der Waals surface area contributed by atoms with Crippen LogP contribution >= 0.6 is 24.0 Å². The lowest BCUT2D eigenvalue weighted by Gasteiger charge is -2.54. The number of benzene rings is 1. The van der Waals surface area contributed by atoms with Gasteiger partial charge in [0.25, 0.3) is 0 Å². The fourth-order valence-corrected chi connectivity index (χ4v) is 4.11. The first-order valence-corrected chi connectivity index (χ1v) is 9.40. The molecule has 1 aromatic carbocycles. The van der Waals surface area contributed by atoms with Gasteiger partial charge in [-0.1, -0.05) is 19.9 Å². The van der Waals surface area contributed by atoms with Crippen molar-refractivity contribution in [2.45, 2.75) is 38.8 Å². The second-order valence-electron chi connectivity index (χ2n) is 7.61. The summed E-state index contributed by atoms with van der Waals surface area (Å²) in [5, 5.41) is 6.98. The third kappa shape index (κ3) is 5.06. The number of fused-ring (bicyclic) bond motifs is 1. The third-order valence-electron chi connectivity index (χ3n) is 5.47. The van der Waals surface area contributed by atoms with Crippen LogP contribution in [-0.4, -0.2) is 52.1 Å². The SMILES string of the molecule is CN=C(Nc1cccc(OCCCOC)c1)NC1C2CCOC2C1(C)C.I. The molecule has 0 bridgehead atoms. The van der Waals surface area contributed by atoms with E-state index < -0.39 is 0 Å². The number of guanidine groups is 1. The van der Waals surface area contributed by atoms with E-state index >= 15 is 0 Å². The van der Waals surface area contributed by atoms with E-state index in [1.54, 1.807) is 14.2 Å². The molecule has 27 heavy (non-hydrogen) atoms. The number of aliphatic imine (C=N–C) groups is 1. The van der Waals surface area contributed by atoms with E-state index in [9.17, 15) is 0 Å². The molecule has 2 aliphatic rings. The van der Waals surface area contributed by atoms with Gasteiger partial charge in [0.15, 0.2) is 5.96 Å². The minimum atomic E-state index is 0. The largest absolute Gasteiger partial charge is 0.493 e. The molecule has 1 saturated carbocycles. The van der Waals surface area contributed by atoms with E-state index in [1.807, 2.05) is 24.3 Å². The van der Waals surface area contributed by atoms with Crippen LogP contribution in [0.25, 0.3) is 0 Å². The maximum absolute atomic E-state index is 5.88. The highest BCUT2D eigenvalue weighted by atomic mass is 127. The average molecular weight is 489 g/mol. The van der Waals surface area contributed by atoms with Crippen molar-refractivity contribution >= 4 is 35.6 Å². The Hall–Kier alpha value is -1.06. The second kappa shape index (κ2) is 9.93. The lowest BCUT2D eigenvalue weighted by molar-refractivity contribution is -0.106. The van der Waals surface area contributed by atoms with Gasteiger partial charge in [0.2, 0.25) is 0 Å². The number of hydrogen-bond acceptors (Lipinski definition) is 4. The molecular weight excluding hydrogens is 457 g/mol. The summed E-state index contributed by atoms with van der Waals surface area (Å²) >= 11 is 0. The van der Waals surface area contributed by atoms with E-state index in [0.717, 1.165) is 36.8 Å². The molecule has 2 N–H and O–H groups in total. The number of nitrogens with one attached hydrogen (secondary N) is 2. The van der Waals surface area contributed by atoms with E-state index in [0.29, 0.717) is 31.3 Å².